The molecule has 0 fully saturated rings. The molecule has 61 valence electrons. The van der Waals surface area contributed by atoms with Crippen LogP contribution in [0.25, 0.3) is 0 Å². The van der Waals surface area contributed by atoms with Crippen LogP contribution in [0.15, 0.2) is 17.2 Å². The van der Waals surface area contributed by atoms with Crippen molar-refractivity contribution in [1.29, 1.82) is 0 Å². The quantitative estimate of drug-likeness (QED) is 0.433. The van der Waals surface area contributed by atoms with Gasteiger partial charge in [-0.25, -0.2) is 5.57 Å². The van der Waals surface area contributed by atoms with Gasteiger partial charge >= 0.3 is 26.2 Å². The van der Waals surface area contributed by atoms with Gasteiger partial charge in [0.15, 0.2) is 0 Å². The third-order valence-electron chi connectivity index (χ3n) is 1.58. The van der Waals surface area contributed by atoms with Crippen LogP contribution in [0.5, 0.6) is 0 Å². The fourth-order valence-corrected chi connectivity index (χ4v) is 1.00. The maximum atomic E-state index is 3.24. The third kappa shape index (κ3) is 5.22. The second kappa shape index (κ2) is 9.03. The van der Waals surface area contributed by atoms with Crippen molar-refractivity contribution in [3.63, 3.8) is 0 Å². The molecule has 0 heterocycles. The average molecular weight is 269 g/mol. The van der Waals surface area contributed by atoms with Gasteiger partial charge in [0, 0.05) is 0 Å². The summed E-state index contributed by atoms with van der Waals surface area (Å²) < 4.78 is 0. The summed E-state index contributed by atoms with van der Waals surface area (Å²) in [6, 6.07) is 0. The fourth-order valence-electron chi connectivity index (χ4n) is 1.00. The summed E-state index contributed by atoms with van der Waals surface area (Å²) in [7, 11) is 0. The van der Waals surface area contributed by atoms with Crippen LogP contribution < -0.4 is 24.8 Å². The number of hydrogen-bond donors (Lipinski definition) is 0. The molecule has 0 unspecified atom stereocenters. The maximum absolute atomic E-state index is 3.24. The van der Waals surface area contributed by atoms with Crippen molar-refractivity contribution < 1.29 is 51.0 Å². The molecule has 0 saturated heterocycles. The van der Waals surface area contributed by atoms with Gasteiger partial charge in [-0.05, 0) is 0 Å². The fraction of sp³-hybridized carbons (Fsp3) is 0.500. The monoisotopic (exact) mass is 267 g/mol. The van der Waals surface area contributed by atoms with E-state index < -0.39 is 0 Å². The first-order chi connectivity index (χ1) is 3.84. The molecule has 0 aromatic heterocycles. The third-order valence-corrected chi connectivity index (χ3v) is 1.58. The largest absolute Gasteiger partial charge is 3.00 e. The molecular weight excluding hydrogens is 258 g/mol. The van der Waals surface area contributed by atoms with Crippen molar-refractivity contribution in [3.05, 3.63) is 23.3 Å². The molecule has 0 saturated carbocycles. The average Bonchev–Trinajstić information content (AvgIpc) is 2.14. The molecular formula is C8H11Cl2Zr. The van der Waals surface area contributed by atoms with Gasteiger partial charge in [-0.1, -0.05) is 20.3 Å². The molecule has 0 bridgehead atoms. The summed E-state index contributed by atoms with van der Waals surface area (Å²) >= 11 is 0. The van der Waals surface area contributed by atoms with Gasteiger partial charge in [-0.3, -0.25) is 6.08 Å². The van der Waals surface area contributed by atoms with E-state index >= 15 is 0 Å². The van der Waals surface area contributed by atoms with Gasteiger partial charge in [-0.15, -0.1) is 6.42 Å². The Kier molecular flexibility index (Phi) is 14.7. The van der Waals surface area contributed by atoms with Crippen LogP contribution in [0, 0.1) is 6.08 Å². The Balaban J connectivity index is -0.000000213. The zero-order chi connectivity index (χ0) is 5.98. The first kappa shape index (κ1) is 17.9. The SMILES string of the molecule is CCC1=CC[C-]=C1C.[Cl-].[Cl-].[Zr+3]. The van der Waals surface area contributed by atoms with E-state index in [1.807, 2.05) is 0 Å². The van der Waals surface area contributed by atoms with Gasteiger partial charge < -0.3 is 24.8 Å². The number of rotatable bonds is 1. The van der Waals surface area contributed by atoms with E-state index in [-0.39, 0.29) is 51.0 Å². The molecule has 0 nitrogen and oxygen atoms in total. The first-order valence-corrected chi connectivity index (χ1v) is 3.11. The molecule has 1 aliphatic rings. The van der Waals surface area contributed by atoms with Crippen LogP contribution >= 0.6 is 0 Å². The molecule has 0 spiro atoms. The van der Waals surface area contributed by atoms with Gasteiger partial charge in [0.1, 0.15) is 0 Å². The predicted octanol–water partition coefficient (Wildman–Crippen LogP) is -3.52. The summed E-state index contributed by atoms with van der Waals surface area (Å²) in [5.74, 6) is 0. The van der Waals surface area contributed by atoms with Crippen molar-refractivity contribution >= 4 is 0 Å². The molecule has 0 aromatic rings. The Morgan fingerprint density at radius 1 is 1.45 bits per heavy atom. The Bertz CT molecular complexity index is 150. The van der Waals surface area contributed by atoms with Crippen LogP contribution in [0.1, 0.15) is 26.7 Å². The zero-order valence-electron chi connectivity index (χ0n) is 6.75. The van der Waals surface area contributed by atoms with Crippen molar-refractivity contribution in [3.8, 4) is 0 Å². The topological polar surface area (TPSA) is 0 Å². The second-order valence-electron chi connectivity index (χ2n) is 2.09. The smallest absolute Gasteiger partial charge is 1.00 e. The second-order valence-corrected chi connectivity index (χ2v) is 2.09. The van der Waals surface area contributed by atoms with Gasteiger partial charge in [-0.2, -0.15) is 11.6 Å². The summed E-state index contributed by atoms with van der Waals surface area (Å²) in [4.78, 5) is 0. The van der Waals surface area contributed by atoms with E-state index in [9.17, 15) is 0 Å². The molecule has 0 atom stereocenters. The maximum Gasteiger partial charge on any atom is 3.00 e. The zero-order valence-corrected chi connectivity index (χ0v) is 10.7. The van der Waals surface area contributed by atoms with Crippen LogP contribution in [-0.2, 0) is 26.2 Å². The van der Waals surface area contributed by atoms with Crippen LogP contribution in [0.3, 0.4) is 0 Å². The minimum atomic E-state index is 0. The summed E-state index contributed by atoms with van der Waals surface area (Å²) in [5.41, 5.74) is 2.83. The molecule has 3 heteroatoms. The predicted molar refractivity (Wildman–Crippen MR) is 35.4 cm³/mol. The van der Waals surface area contributed by atoms with Crippen LogP contribution in [0.4, 0.5) is 0 Å². The van der Waals surface area contributed by atoms with E-state index in [0.717, 1.165) is 6.42 Å². The minimum absolute atomic E-state index is 0. The molecule has 0 aliphatic heterocycles. The molecule has 0 aromatic carbocycles. The van der Waals surface area contributed by atoms with E-state index in [0.29, 0.717) is 0 Å². The first-order valence-electron chi connectivity index (χ1n) is 3.11. The summed E-state index contributed by atoms with van der Waals surface area (Å²) in [6.07, 6.45) is 7.69. The molecule has 0 amide bonds. The number of hydrogen-bond acceptors (Lipinski definition) is 0. The summed E-state index contributed by atoms with van der Waals surface area (Å²) in [6.45, 7) is 4.31. The van der Waals surface area contributed by atoms with Crippen LogP contribution in [-0.4, -0.2) is 0 Å². The Labute approximate surface area is 100 Å². The molecule has 11 heavy (non-hydrogen) atoms. The Hall–Kier alpha value is 0.943. The Morgan fingerprint density at radius 2 is 2.00 bits per heavy atom. The van der Waals surface area contributed by atoms with Crippen molar-refractivity contribution in [1.82, 2.24) is 0 Å². The summed E-state index contributed by atoms with van der Waals surface area (Å²) in [5, 5.41) is 0. The van der Waals surface area contributed by atoms with Gasteiger partial charge in [0.2, 0.25) is 0 Å². The van der Waals surface area contributed by atoms with Gasteiger partial charge in [0.25, 0.3) is 0 Å². The number of halogens is 2. The normalized spacial score (nSPS) is 13.3. The van der Waals surface area contributed by atoms with Crippen molar-refractivity contribution in [2.45, 2.75) is 26.7 Å². The van der Waals surface area contributed by atoms with E-state index in [4.69, 9.17) is 0 Å². The van der Waals surface area contributed by atoms with Crippen molar-refractivity contribution in [2.24, 2.45) is 0 Å². The van der Waals surface area contributed by atoms with E-state index in [1.165, 1.54) is 17.6 Å². The standard InChI is InChI=1S/C8H11.2ClH.Zr/c1-3-8-6-4-5-7(8)2;;;/h6H,3-4H2,1-2H3;2*1H;/q-1;;;+3/p-2. The molecule has 0 N–H and O–H groups in total. The van der Waals surface area contributed by atoms with Gasteiger partial charge in [0.05, 0.1) is 0 Å². The molecule has 1 radical (unpaired) electrons. The number of allylic oxidation sites excluding steroid dienone is 4. The van der Waals surface area contributed by atoms with E-state index in [2.05, 4.69) is 26.0 Å². The van der Waals surface area contributed by atoms with Crippen LogP contribution in [0.2, 0.25) is 0 Å². The molecule has 1 aliphatic carbocycles. The Morgan fingerprint density at radius 3 is 2.18 bits per heavy atom. The minimum Gasteiger partial charge on any atom is -1.00 e. The van der Waals surface area contributed by atoms with Crippen molar-refractivity contribution in [2.75, 3.05) is 0 Å². The molecule has 1 rings (SSSR count). The van der Waals surface area contributed by atoms with E-state index in [1.54, 1.807) is 0 Å².